The largest absolute Gasteiger partial charge is 0.368 e. The second kappa shape index (κ2) is 6.86. The highest BCUT2D eigenvalue weighted by atomic mass is 16.1. The number of hydrogen-bond donors (Lipinski definition) is 2. The van der Waals surface area contributed by atoms with Crippen LogP contribution < -0.4 is 11.1 Å². The zero-order valence-corrected chi connectivity index (χ0v) is 11.3. The molecule has 16 heavy (non-hydrogen) atoms. The molecule has 0 aliphatic carbocycles. The van der Waals surface area contributed by atoms with E-state index in [2.05, 4.69) is 31.0 Å². The molecule has 0 rings (SSSR count). The van der Waals surface area contributed by atoms with Crippen molar-refractivity contribution in [3.63, 3.8) is 0 Å². The van der Waals surface area contributed by atoms with E-state index in [0.29, 0.717) is 12.5 Å². The zero-order chi connectivity index (χ0) is 12.8. The summed E-state index contributed by atoms with van der Waals surface area (Å²) in [5.41, 5.74) is 4.84. The van der Waals surface area contributed by atoms with E-state index in [4.69, 9.17) is 5.73 Å². The quantitative estimate of drug-likeness (QED) is 0.648. The van der Waals surface area contributed by atoms with Crippen molar-refractivity contribution in [2.45, 2.75) is 39.7 Å². The Kier molecular flexibility index (Phi) is 6.60. The van der Waals surface area contributed by atoms with Crippen molar-refractivity contribution in [1.82, 2.24) is 10.2 Å². The summed E-state index contributed by atoms with van der Waals surface area (Å²) >= 11 is 0. The number of amides is 1. The lowest BCUT2D eigenvalue weighted by molar-refractivity contribution is -0.124. The summed E-state index contributed by atoms with van der Waals surface area (Å²) in [6, 6.07) is 0. The maximum absolute atomic E-state index is 11.5. The van der Waals surface area contributed by atoms with Crippen LogP contribution in [0.5, 0.6) is 0 Å². The molecule has 0 bridgehead atoms. The Hall–Kier alpha value is -0.610. The molecular weight excluding hydrogens is 202 g/mol. The lowest BCUT2D eigenvalue weighted by atomic mass is 10.00. The normalized spacial score (nSPS) is 15.4. The molecule has 1 atom stereocenters. The van der Waals surface area contributed by atoms with E-state index in [1.807, 2.05) is 14.0 Å². The standard InChI is InChI=1S/C12H27N3O/c1-6-7-14-12(4,11(13)16)9-15(5)8-10(2)3/h10,14H,6-9H2,1-5H3,(H2,13,16). The van der Waals surface area contributed by atoms with Gasteiger partial charge in [-0.15, -0.1) is 0 Å². The molecular formula is C12H27N3O. The van der Waals surface area contributed by atoms with E-state index < -0.39 is 5.54 Å². The highest BCUT2D eigenvalue weighted by molar-refractivity contribution is 5.84. The maximum atomic E-state index is 11.5. The van der Waals surface area contributed by atoms with Gasteiger partial charge in [0.25, 0.3) is 0 Å². The molecule has 0 saturated carbocycles. The molecule has 0 heterocycles. The second-order valence-electron chi connectivity index (χ2n) is 5.21. The van der Waals surface area contributed by atoms with Crippen molar-refractivity contribution in [1.29, 1.82) is 0 Å². The lowest BCUT2D eigenvalue weighted by Gasteiger charge is -2.32. The molecule has 0 aromatic heterocycles. The van der Waals surface area contributed by atoms with Crippen molar-refractivity contribution in [2.24, 2.45) is 11.7 Å². The van der Waals surface area contributed by atoms with Crippen LogP contribution in [0.15, 0.2) is 0 Å². The van der Waals surface area contributed by atoms with Gasteiger partial charge in [-0.2, -0.15) is 0 Å². The number of likely N-dealkylation sites (N-methyl/N-ethyl adjacent to an activating group) is 1. The van der Waals surface area contributed by atoms with Gasteiger partial charge in [0, 0.05) is 13.1 Å². The Balaban J connectivity index is 4.36. The van der Waals surface area contributed by atoms with Gasteiger partial charge in [0.15, 0.2) is 0 Å². The Morgan fingerprint density at radius 1 is 1.50 bits per heavy atom. The number of hydrogen-bond acceptors (Lipinski definition) is 3. The van der Waals surface area contributed by atoms with Gasteiger partial charge in [-0.25, -0.2) is 0 Å². The van der Waals surface area contributed by atoms with Crippen LogP contribution in [-0.2, 0) is 4.79 Å². The van der Waals surface area contributed by atoms with Crippen molar-refractivity contribution in [3.05, 3.63) is 0 Å². The number of primary amides is 1. The highest BCUT2D eigenvalue weighted by Gasteiger charge is 2.31. The SMILES string of the molecule is CCCNC(C)(CN(C)CC(C)C)C(N)=O. The van der Waals surface area contributed by atoms with Crippen LogP contribution in [0.25, 0.3) is 0 Å². The predicted molar refractivity (Wildman–Crippen MR) is 68.2 cm³/mol. The van der Waals surface area contributed by atoms with Crippen LogP contribution >= 0.6 is 0 Å². The molecule has 0 aliphatic rings. The molecule has 1 unspecified atom stereocenters. The number of nitrogens with one attached hydrogen (secondary N) is 1. The molecule has 0 radical (unpaired) electrons. The first-order valence-corrected chi connectivity index (χ1v) is 6.05. The van der Waals surface area contributed by atoms with E-state index in [1.54, 1.807) is 0 Å². The van der Waals surface area contributed by atoms with Gasteiger partial charge in [0.1, 0.15) is 5.54 Å². The average Bonchev–Trinajstić information content (AvgIpc) is 2.12. The van der Waals surface area contributed by atoms with Crippen molar-refractivity contribution < 1.29 is 4.79 Å². The molecule has 3 N–H and O–H groups in total. The Morgan fingerprint density at radius 2 is 2.06 bits per heavy atom. The second-order valence-corrected chi connectivity index (χ2v) is 5.21. The number of nitrogens with zero attached hydrogens (tertiary/aromatic N) is 1. The first-order chi connectivity index (χ1) is 7.31. The van der Waals surface area contributed by atoms with Crippen LogP contribution in [-0.4, -0.2) is 43.0 Å². The van der Waals surface area contributed by atoms with Crippen LogP contribution in [0.1, 0.15) is 34.1 Å². The number of carbonyl (C=O) groups is 1. The maximum Gasteiger partial charge on any atom is 0.238 e. The van der Waals surface area contributed by atoms with Crippen LogP contribution in [0.4, 0.5) is 0 Å². The summed E-state index contributed by atoms with van der Waals surface area (Å²) in [5, 5.41) is 3.23. The highest BCUT2D eigenvalue weighted by Crippen LogP contribution is 2.07. The molecule has 4 nitrogen and oxygen atoms in total. The summed E-state index contributed by atoms with van der Waals surface area (Å²) in [6.45, 7) is 10.7. The summed E-state index contributed by atoms with van der Waals surface area (Å²) < 4.78 is 0. The lowest BCUT2D eigenvalue weighted by Crippen LogP contribution is -2.59. The van der Waals surface area contributed by atoms with Gasteiger partial charge in [-0.1, -0.05) is 20.8 Å². The molecule has 0 saturated heterocycles. The minimum atomic E-state index is -0.625. The van der Waals surface area contributed by atoms with Crippen molar-refractivity contribution in [3.8, 4) is 0 Å². The van der Waals surface area contributed by atoms with Gasteiger partial charge in [0.2, 0.25) is 5.91 Å². The number of carbonyl (C=O) groups excluding carboxylic acids is 1. The van der Waals surface area contributed by atoms with Crippen LogP contribution in [0.2, 0.25) is 0 Å². The first kappa shape index (κ1) is 15.4. The molecule has 1 amide bonds. The molecule has 0 spiro atoms. The topological polar surface area (TPSA) is 58.4 Å². The van der Waals surface area contributed by atoms with E-state index >= 15 is 0 Å². The predicted octanol–water partition coefficient (Wildman–Crippen LogP) is 0.818. The van der Waals surface area contributed by atoms with Gasteiger partial charge in [-0.05, 0) is 32.9 Å². The smallest absolute Gasteiger partial charge is 0.238 e. The average molecular weight is 229 g/mol. The van der Waals surface area contributed by atoms with E-state index in [-0.39, 0.29) is 5.91 Å². The molecule has 0 aromatic rings. The fraction of sp³-hybridized carbons (Fsp3) is 0.917. The third-order valence-electron chi connectivity index (χ3n) is 2.57. The summed E-state index contributed by atoms with van der Waals surface area (Å²) in [5.74, 6) is 0.310. The van der Waals surface area contributed by atoms with E-state index in [9.17, 15) is 4.79 Å². The monoisotopic (exact) mass is 229 g/mol. The minimum Gasteiger partial charge on any atom is -0.368 e. The van der Waals surface area contributed by atoms with Crippen molar-refractivity contribution in [2.75, 3.05) is 26.7 Å². The summed E-state index contributed by atoms with van der Waals surface area (Å²) in [4.78, 5) is 13.6. The fourth-order valence-electron chi connectivity index (χ4n) is 1.85. The third kappa shape index (κ3) is 5.47. The molecule has 0 fully saturated rings. The Labute approximate surface area is 99.6 Å². The summed E-state index contributed by atoms with van der Waals surface area (Å²) in [6.07, 6.45) is 0.997. The molecule has 0 aromatic carbocycles. The van der Waals surface area contributed by atoms with E-state index in [1.165, 1.54) is 0 Å². The van der Waals surface area contributed by atoms with E-state index in [0.717, 1.165) is 19.5 Å². The minimum absolute atomic E-state index is 0.281. The van der Waals surface area contributed by atoms with Gasteiger partial charge < -0.3 is 16.0 Å². The molecule has 4 heteroatoms. The van der Waals surface area contributed by atoms with Gasteiger partial charge in [0.05, 0.1) is 0 Å². The molecule has 96 valence electrons. The summed E-state index contributed by atoms with van der Waals surface area (Å²) in [7, 11) is 2.02. The number of nitrogens with two attached hydrogens (primary N) is 1. The zero-order valence-electron chi connectivity index (χ0n) is 11.3. The third-order valence-corrected chi connectivity index (χ3v) is 2.57. The van der Waals surface area contributed by atoms with Crippen molar-refractivity contribution >= 4 is 5.91 Å². The van der Waals surface area contributed by atoms with Gasteiger partial charge >= 0.3 is 0 Å². The van der Waals surface area contributed by atoms with Crippen LogP contribution in [0, 0.1) is 5.92 Å². The van der Waals surface area contributed by atoms with Gasteiger partial charge in [-0.3, -0.25) is 4.79 Å². The fourth-order valence-corrected chi connectivity index (χ4v) is 1.85. The first-order valence-electron chi connectivity index (χ1n) is 6.05. The number of rotatable bonds is 8. The Morgan fingerprint density at radius 3 is 2.44 bits per heavy atom. The molecule has 0 aliphatic heterocycles. The Bertz CT molecular complexity index is 218. The van der Waals surface area contributed by atoms with Crippen LogP contribution in [0.3, 0.4) is 0 Å².